The molecular formula is C19H24Cl2FN3O2. The zero-order valence-corrected chi connectivity index (χ0v) is 16.5. The van der Waals surface area contributed by atoms with Crippen LogP contribution in [0.25, 0.3) is 0 Å². The van der Waals surface area contributed by atoms with Gasteiger partial charge in [0.1, 0.15) is 11.9 Å². The molecule has 0 saturated carbocycles. The Labute approximate surface area is 171 Å². The Morgan fingerprint density at radius 3 is 2.63 bits per heavy atom. The molecule has 2 heterocycles. The molecule has 1 saturated heterocycles. The summed E-state index contributed by atoms with van der Waals surface area (Å²) in [5.41, 5.74) is 1.82. The number of nitrogens with one attached hydrogen (secondary N) is 1. The SMILES string of the molecule is Cl.Cl.O=C(C1CNCCO1)N(CCc1ccccn1)Cc1ccc(F)cc1. The second-order valence-corrected chi connectivity index (χ2v) is 6.02. The summed E-state index contributed by atoms with van der Waals surface area (Å²) in [6.07, 6.45) is 1.93. The third-order valence-electron chi connectivity index (χ3n) is 4.17. The summed E-state index contributed by atoms with van der Waals surface area (Å²) in [7, 11) is 0. The molecule has 0 radical (unpaired) electrons. The molecular weight excluding hydrogens is 392 g/mol. The normalized spacial score (nSPS) is 16.0. The number of aromatic nitrogens is 1. The number of benzene rings is 1. The van der Waals surface area contributed by atoms with Gasteiger partial charge < -0.3 is 15.0 Å². The average molecular weight is 416 g/mol. The smallest absolute Gasteiger partial charge is 0.253 e. The van der Waals surface area contributed by atoms with E-state index in [2.05, 4.69) is 10.3 Å². The summed E-state index contributed by atoms with van der Waals surface area (Å²) < 4.78 is 18.7. The highest BCUT2D eigenvalue weighted by Gasteiger charge is 2.26. The Morgan fingerprint density at radius 2 is 2.00 bits per heavy atom. The maximum Gasteiger partial charge on any atom is 0.253 e. The van der Waals surface area contributed by atoms with Crippen molar-refractivity contribution in [1.29, 1.82) is 0 Å². The maximum atomic E-state index is 13.1. The van der Waals surface area contributed by atoms with Crippen molar-refractivity contribution in [3.8, 4) is 0 Å². The van der Waals surface area contributed by atoms with Crippen LogP contribution >= 0.6 is 24.8 Å². The third-order valence-corrected chi connectivity index (χ3v) is 4.17. The summed E-state index contributed by atoms with van der Waals surface area (Å²) in [6.45, 7) is 2.76. The van der Waals surface area contributed by atoms with E-state index in [9.17, 15) is 9.18 Å². The molecule has 1 unspecified atom stereocenters. The number of carbonyl (C=O) groups is 1. The van der Waals surface area contributed by atoms with Crippen molar-refractivity contribution in [2.24, 2.45) is 0 Å². The molecule has 5 nitrogen and oxygen atoms in total. The summed E-state index contributed by atoms with van der Waals surface area (Å²) in [6, 6.07) is 12.0. The monoisotopic (exact) mass is 415 g/mol. The highest BCUT2D eigenvalue weighted by Crippen LogP contribution is 2.11. The predicted molar refractivity (Wildman–Crippen MR) is 107 cm³/mol. The molecule has 1 N–H and O–H groups in total. The van der Waals surface area contributed by atoms with Gasteiger partial charge in [-0.15, -0.1) is 24.8 Å². The van der Waals surface area contributed by atoms with Crippen LogP contribution in [-0.4, -0.2) is 48.1 Å². The highest BCUT2D eigenvalue weighted by atomic mass is 35.5. The Kier molecular flexibility index (Phi) is 10.3. The van der Waals surface area contributed by atoms with Crippen molar-refractivity contribution in [3.63, 3.8) is 0 Å². The minimum Gasteiger partial charge on any atom is -0.366 e. The van der Waals surface area contributed by atoms with Crippen molar-refractivity contribution in [3.05, 3.63) is 65.7 Å². The number of nitrogens with zero attached hydrogens (tertiary/aromatic N) is 2. The van der Waals surface area contributed by atoms with Crippen LogP contribution in [0.3, 0.4) is 0 Å². The molecule has 1 fully saturated rings. The molecule has 1 atom stereocenters. The molecule has 1 aliphatic heterocycles. The van der Waals surface area contributed by atoms with Gasteiger partial charge in [-0.3, -0.25) is 9.78 Å². The minimum absolute atomic E-state index is 0. The lowest BCUT2D eigenvalue weighted by Crippen LogP contribution is -2.49. The van der Waals surface area contributed by atoms with E-state index >= 15 is 0 Å². The number of ether oxygens (including phenoxy) is 1. The molecule has 0 aliphatic carbocycles. The van der Waals surface area contributed by atoms with Crippen molar-refractivity contribution < 1.29 is 13.9 Å². The van der Waals surface area contributed by atoms with E-state index in [1.807, 2.05) is 18.2 Å². The molecule has 3 rings (SSSR count). The number of morpholine rings is 1. The molecule has 8 heteroatoms. The number of hydrogen-bond donors (Lipinski definition) is 1. The summed E-state index contributed by atoms with van der Waals surface area (Å²) >= 11 is 0. The van der Waals surface area contributed by atoms with E-state index in [-0.39, 0.29) is 36.5 Å². The Bertz CT molecular complexity index is 683. The van der Waals surface area contributed by atoms with Crippen LogP contribution in [-0.2, 0) is 22.5 Å². The predicted octanol–water partition coefficient (Wildman–Crippen LogP) is 2.62. The van der Waals surface area contributed by atoms with E-state index in [0.717, 1.165) is 17.8 Å². The number of amides is 1. The van der Waals surface area contributed by atoms with Gasteiger partial charge in [-0.25, -0.2) is 4.39 Å². The molecule has 1 aromatic carbocycles. The van der Waals surface area contributed by atoms with E-state index in [1.165, 1.54) is 12.1 Å². The van der Waals surface area contributed by atoms with Crippen molar-refractivity contribution in [2.75, 3.05) is 26.2 Å². The van der Waals surface area contributed by atoms with Gasteiger partial charge >= 0.3 is 0 Å². The van der Waals surface area contributed by atoms with Crippen LogP contribution in [0.15, 0.2) is 48.7 Å². The van der Waals surface area contributed by atoms with Crippen LogP contribution in [0.2, 0.25) is 0 Å². The van der Waals surface area contributed by atoms with E-state index in [1.54, 1.807) is 23.2 Å². The standard InChI is InChI=1S/C19H22FN3O2.2ClH/c20-16-6-4-15(5-7-16)14-23(11-8-17-3-1-2-9-22-17)19(24)18-13-21-10-12-25-18;;/h1-7,9,18,21H,8,10-14H2;2*1H. The molecule has 1 aromatic heterocycles. The summed E-state index contributed by atoms with van der Waals surface area (Å²) in [5, 5.41) is 3.18. The zero-order chi connectivity index (χ0) is 17.5. The van der Waals surface area contributed by atoms with Crippen molar-refractivity contribution >= 4 is 30.7 Å². The Hall–Kier alpha value is -1.73. The number of hydrogen-bond acceptors (Lipinski definition) is 4. The first-order valence-electron chi connectivity index (χ1n) is 8.48. The molecule has 27 heavy (non-hydrogen) atoms. The fraction of sp³-hybridized carbons (Fsp3) is 0.368. The van der Waals surface area contributed by atoms with Gasteiger partial charge in [-0.2, -0.15) is 0 Å². The Balaban J connectivity index is 0.00000182. The van der Waals surface area contributed by atoms with Crippen molar-refractivity contribution in [1.82, 2.24) is 15.2 Å². The molecule has 148 valence electrons. The van der Waals surface area contributed by atoms with Crippen LogP contribution in [0.1, 0.15) is 11.3 Å². The highest BCUT2D eigenvalue weighted by molar-refractivity contribution is 5.85. The Morgan fingerprint density at radius 1 is 1.22 bits per heavy atom. The van der Waals surface area contributed by atoms with Gasteiger partial charge in [0, 0.05) is 44.5 Å². The van der Waals surface area contributed by atoms with Crippen LogP contribution in [0.5, 0.6) is 0 Å². The van der Waals surface area contributed by atoms with Gasteiger partial charge in [-0.05, 0) is 29.8 Å². The topological polar surface area (TPSA) is 54.5 Å². The number of pyridine rings is 1. The maximum absolute atomic E-state index is 13.1. The first kappa shape index (κ1) is 23.3. The quantitative estimate of drug-likeness (QED) is 0.787. The molecule has 1 aliphatic rings. The van der Waals surface area contributed by atoms with Gasteiger partial charge in [0.25, 0.3) is 5.91 Å². The number of halogens is 3. The first-order chi connectivity index (χ1) is 12.2. The largest absolute Gasteiger partial charge is 0.366 e. The lowest BCUT2D eigenvalue weighted by atomic mass is 10.1. The fourth-order valence-corrected chi connectivity index (χ4v) is 2.80. The molecule has 1 amide bonds. The zero-order valence-electron chi connectivity index (χ0n) is 14.8. The minimum atomic E-state index is -0.474. The lowest BCUT2D eigenvalue weighted by Gasteiger charge is -2.30. The van der Waals surface area contributed by atoms with Crippen LogP contribution < -0.4 is 5.32 Å². The fourth-order valence-electron chi connectivity index (χ4n) is 2.80. The summed E-state index contributed by atoms with van der Waals surface area (Å²) in [5.74, 6) is -0.331. The van der Waals surface area contributed by atoms with E-state index < -0.39 is 6.10 Å². The average Bonchev–Trinajstić information content (AvgIpc) is 2.67. The van der Waals surface area contributed by atoms with E-state index in [4.69, 9.17) is 4.74 Å². The second-order valence-electron chi connectivity index (χ2n) is 6.02. The molecule has 2 aromatic rings. The molecule has 0 bridgehead atoms. The van der Waals surface area contributed by atoms with Crippen LogP contribution in [0.4, 0.5) is 4.39 Å². The van der Waals surface area contributed by atoms with Gasteiger partial charge in [-0.1, -0.05) is 18.2 Å². The van der Waals surface area contributed by atoms with Gasteiger partial charge in [0.2, 0.25) is 0 Å². The van der Waals surface area contributed by atoms with Gasteiger partial charge in [0.15, 0.2) is 0 Å². The number of rotatable bonds is 6. The summed E-state index contributed by atoms with van der Waals surface area (Å²) in [4.78, 5) is 18.9. The van der Waals surface area contributed by atoms with Crippen LogP contribution in [0, 0.1) is 5.82 Å². The third kappa shape index (κ3) is 7.07. The lowest BCUT2D eigenvalue weighted by molar-refractivity contribution is -0.145. The second kappa shape index (κ2) is 11.9. The molecule has 0 spiro atoms. The first-order valence-corrected chi connectivity index (χ1v) is 8.48. The van der Waals surface area contributed by atoms with Crippen molar-refractivity contribution in [2.45, 2.75) is 19.1 Å². The van der Waals surface area contributed by atoms with Gasteiger partial charge in [0.05, 0.1) is 6.61 Å². The number of carbonyl (C=O) groups excluding carboxylic acids is 1. The van der Waals surface area contributed by atoms with E-state index in [0.29, 0.717) is 32.7 Å².